The third-order valence-corrected chi connectivity index (χ3v) is 6.23. The zero-order chi connectivity index (χ0) is 17.7. The summed E-state index contributed by atoms with van der Waals surface area (Å²) in [6.07, 6.45) is 1.83. The van der Waals surface area contributed by atoms with Gasteiger partial charge in [-0.15, -0.1) is 11.3 Å². The van der Waals surface area contributed by atoms with Gasteiger partial charge in [0, 0.05) is 49.6 Å². The lowest BCUT2D eigenvalue weighted by Crippen LogP contribution is -2.36. The molecule has 0 spiro atoms. The molecule has 2 fully saturated rings. The highest BCUT2D eigenvalue weighted by molar-refractivity contribution is 7.13. The van der Waals surface area contributed by atoms with Crippen LogP contribution < -0.4 is 10.7 Å². The predicted molar refractivity (Wildman–Crippen MR) is 98.4 cm³/mol. The Morgan fingerprint density at radius 1 is 1.19 bits per heavy atom. The summed E-state index contributed by atoms with van der Waals surface area (Å²) in [5.74, 6) is 0.448. The number of fused-ring (bicyclic) bond motifs is 2. The number of hydrogen-bond donors (Lipinski definition) is 0. The van der Waals surface area contributed by atoms with Crippen molar-refractivity contribution >= 4 is 33.5 Å². The molecule has 8 heteroatoms. The van der Waals surface area contributed by atoms with Crippen LogP contribution in [-0.4, -0.2) is 46.5 Å². The summed E-state index contributed by atoms with van der Waals surface area (Å²) < 4.78 is 6.64. The number of hydrogen-bond acceptors (Lipinski definition) is 6. The zero-order valence-electron chi connectivity index (χ0n) is 14.1. The molecule has 2 aromatic heterocycles. The summed E-state index contributed by atoms with van der Waals surface area (Å²) in [5.41, 5.74) is 1.18. The van der Waals surface area contributed by atoms with Crippen molar-refractivity contribution in [2.45, 2.75) is 6.54 Å². The van der Waals surface area contributed by atoms with Crippen molar-refractivity contribution in [3.8, 4) is 0 Å². The number of carbonyl (C=O) groups excluding carboxylic acids is 1. The van der Waals surface area contributed by atoms with Gasteiger partial charge in [0.2, 0.25) is 5.91 Å². The molecule has 0 bridgehead atoms. The summed E-state index contributed by atoms with van der Waals surface area (Å²) in [5, 5.41) is 3.06. The SMILES string of the molecule is O=C(Cn1c(=O)oc2ccccc21)N1CC2CN(c3nccs3)CC2C1. The minimum atomic E-state index is -0.478. The maximum Gasteiger partial charge on any atom is 0.420 e. The molecule has 7 nitrogen and oxygen atoms in total. The lowest BCUT2D eigenvalue weighted by atomic mass is 10.0. The van der Waals surface area contributed by atoms with Gasteiger partial charge in [0.05, 0.1) is 5.52 Å². The topological polar surface area (TPSA) is 71.6 Å². The first-order valence-electron chi connectivity index (χ1n) is 8.69. The van der Waals surface area contributed by atoms with E-state index in [4.69, 9.17) is 4.42 Å². The Labute approximate surface area is 153 Å². The van der Waals surface area contributed by atoms with E-state index in [2.05, 4.69) is 9.88 Å². The van der Waals surface area contributed by atoms with E-state index < -0.39 is 5.76 Å². The van der Waals surface area contributed by atoms with Gasteiger partial charge in [-0.1, -0.05) is 12.1 Å². The molecule has 134 valence electrons. The molecular formula is C18H18N4O3S. The molecule has 0 saturated carbocycles. The Morgan fingerprint density at radius 3 is 2.69 bits per heavy atom. The monoisotopic (exact) mass is 370 g/mol. The largest absolute Gasteiger partial charge is 0.420 e. The van der Waals surface area contributed by atoms with Gasteiger partial charge in [-0.3, -0.25) is 9.36 Å². The predicted octanol–water partition coefficient (Wildman–Crippen LogP) is 1.65. The third-order valence-electron chi connectivity index (χ3n) is 5.40. The molecule has 5 rings (SSSR count). The van der Waals surface area contributed by atoms with Crippen LogP contribution in [0.2, 0.25) is 0 Å². The highest BCUT2D eigenvalue weighted by atomic mass is 32.1. The highest BCUT2D eigenvalue weighted by Gasteiger charge is 2.42. The van der Waals surface area contributed by atoms with Crippen molar-refractivity contribution in [1.82, 2.24) is 14.5 Å². The third kappa shape index (κ3) is 2.52. The Kier molecular flexibility index (Phi) is 3.59. The summed E-state index contributed by atoms with van der Waals surface area (Å²) in [6.45, 7) is 3.41. The summed E-state index contributed by atoms with van der Waals surface area (Å²) in [7, 11) is 0. The molecule has 2 saturated heterocycles. The number of likely N-dealkylation sites (tertiary alicyclic amines) is 1. The number of para-hydroxylation sites is 2. The van der Waals surface area contributed by atoms with Crippen molar-refractivity contribution in [3.63, 3.8) is 0 Å². The van der Waals surface area contributed by atoms with E-state index in [9.17, 15) is 9.59 Å². The van der Waals surface area contributed by atoms with Crippen LogP contribution in [0.5, 0.6) is 0 Å². The Balaban J connectivity index is 1.28. The van der Waals surface area contributed by atoms with E-state index in [-0.39, 0.29) is 12.5 Å². The molecule has 3 aromatic rings. The molecule has 0 aliphatic carbocycles. The number of anilines is 1. The van der Waals surface area contributed by atoms with Crippen molar-refractivity contribution in [2.75, 3.05) is 31.1 Å². The van der Waals surface area contributed by atoms with Crippen LogP contribution >= 0.6 is 11.3 Å². The normalized spacial score (nSPS) is 22.3. The molecule has 4 heterocycles. The fourth-order valence-corrected chi connectivity index (χ4v) is 4.79. The molecule has 2 atom stereocenters. The standard InChI is InChI=1S/C18H18N4O3S/c23-16(11-22-14-3-1-2-4-15(14)25-18(22)24)20-7-12-9-21(10-13(12)8-20)17-19-5-6-26-17/h1-6,12-13H,7-11H2. The van der Waals surface area contributed by atoms with Gasteiger partial charge in [-0.05, 0) is 12.1 Å². The minimum Gasteiger partial charge on any atom is -0.408 e. The Bertz CT molecular complexity index is 995. The minimum absolute atomic E-state index is 0.0196. The van der Waals surface area contributed by atoms with Crippen LogP contribution in [0.3, 0.4) is 0 Å². The van der Waals surface area contributed by atoms with Crippen molar-refractivity contribution in [1.29, 1.82) is 0 Å². The van der Waals surface area contributed by atoms with Gasteiger partial charge in [0.25, 0.3) is 0 Å². The molecule has 0 radical (unpaired) electrons. The Hall–Kier alpha value is -2.61. The summed E-state index contributed by atoms with van der Waals surface area (Å²) in [6, 6.07) is 7.20. The van der Waals surface area contributed by atoms with E-state index >= 15 is 0 Å². The number of benzene rings is 1. The van der Waals surface area contributed by atoms with Gasteiger partial charge >= 0.3 is 5.76 Å². The average Bonchev–Trinajstić information content (AvgIpc) is 3.37. The van der Waals surface area contributed by atoms with Crippen molar-refractivity contribution in [2.24, 2.45) is 11.8 Å². The van der Waals surface area contributed by atoms with Crippen molar-refractivity contribution in [3.05, 3.63) is 46.4 Å². The van der Waals surface area contributed by atoms with Gasteiger partial charge in [-0.25, -0.2) is 9.78 Å². The second kappa shape index (κ2) is 5.98. The lowest BCUT2D eigenvalue weighted by Gasteiger charge is -2.21. The van der Waals surface area contributed by atoms with Gasteiger partial charge in [0.1, 0.15) is 6.54 Å². The van der Waals surface area contributed by atoms with E-state index in [0.717, 1.165) is 31.3 Å². The number of aromatic nitrogens is 2. The van der Waals surface area contributed by atoms with Gasteiger partial charge in [-0.2, -0.15) is 0 Å². The lowest BCUT2D eigenvalue weighted by molar-refractivity contribution is -0.131. The first kappa shape index (κ1) is 15.6. The van der Waals surface area contributed by atoms with E-state index in [1.54, 1.807) is 23.5 Å². The van der Waals surface area contributed by atoms with Crippen LogP contribution in [-0.2, 0) is 11.3 Å². The van der Waals surface area contributed by atoms with Crippen LogP contribution in [0.25, 0.3) is 11.1 Å². The molecular weight excluding hydrogens is 352 g/mol. The zero-order valence-corrected chi connectivity index (χ0v) is 14.9. The molecule has 1 amide bonds. The van der Waals surface area contributed by atoms with Gasteiger partial charge in [0.15, 0.2) is 10.7 Å². The molecule has 1 aromatic carbocycles. The average molecular weight is 370 g/mol. The fraction of sp³-hybridized carbons (Fsp3) is 0.389. The number of nitrogens with zero attached hydrogens (tertiary/aromatic N) is 4. The quantitative estimate of drug-likeness (QED) is 0.701. The van der Waals surface area contributed by atoms with Crippen LogP contribution in [0.1, 0.15) is 0 Å². The van der Waals surface area contributed by atoms with Crippen molar-refractivity contribution < 1.29 is 9.21 Å². The molecule has 2 aliphatic rings. The highest BCUT2D eigenvalue weighted by Crippen LogP contribution is 2.34. The summed E-state index contributed by atoms with van der Waals surface area (Å²) in [4.78, 5) is 33.4. The smallest absolute Gasteiger partial charge is 0.408 e. The van der Waals surface area contributed by atoms with Gasteiger partial charge < -0.3 is 14.2 Å². The second-order valence-electron chi connectivity index (χ2n) is 6.96. The van der Waals surface area contributed by atoms with E-state index in [0.29, 0.717) is 22.9 Å². The number of rotatable bonds is 3. The molecule has 0 N–H and O–H groups in total. The van der Waals surface area contributed by atoms with Crippen LogP contribution in [0, 0.1) is 11.8 Å². The molecule has 2 unspecified atom stereocenters. The molecule has 2 aliphatic heterocycles. The summed E-state index contributed by atoms with van der Waals surface area (Å²) >= 11 is 1.66. The number of carbonyl (C=O) groups is 1. The number of amides is 1. The molecule has 26 heavy (non-hydrogen) atoms. The van der Waals surface area contributed by atoms with Crippen LogP contribution in [0.4, 0.5) is 5.13 Å². The number of thiazole rings is 1. The van der Waals surface area contributed by atoms with E-state index in [1.807, 2.05) is 28.6 Å². The first-order chi connectivity index (χ1) is 12.7. The number of oxazole rings is 1. The van der Waals surface area contributed by atoms with E-state index in [1.165, 1.54) is 4.57 Å². The maximum absolute atomic E-state index is 12.8. The Morgan fingerprint density at radius 2 is 1.96 bits per heavy atom. The first-order valence-corrected chi connectivity index (χ1v) is 9.57. The second-order valence-corrected chi connectivity index (χ2v) is 7.83. The maximum atomic E-state index is 12.8. The fourth-order valence-electron chi connectivity index (χ4n) is 4.12. The van der Waals surface area contributed by atoms with Crippen LogP contribution in [0.15, 0.2) is 45.1 Å².